The minimum atomic E-state index is -0.629. The van der Waals surface area contributed by atoms with E-state index in [1.165, 1.54) is 5.57 Å². The van der Waals surface area contributed by atoms with Crippen molar-refractivity contribution in [3.05, 3.63) is 59.7 Å². The number of rotatable bonds is 8. The molecule has 0 aromatic heterocycles. The second-order valence-corrected chi connectivity index (χ2v) is 8.47. The normalized spacial score (nSPS) is 27.6. The predicted octanol–water partition coefficient (Wildman–Crippen LogP) is 3.87. The fourth-order valence-corrected chi connectivity index (χ4v) is 4.64. The van der Waals surface area contributed by atoms with Crippen LogP contribution in [0, 0.1) is 17.8 Å². The molecule has 4 heteroatoms. The van der Waals surface area contributed by atoms with Gasteiger partial charge in [0.05, 0.1) is 12.2 Å². The van der Waals surface area contributed by atoms with Crippen molar-refractivity contribution in [3.8, 4) is 0 Å². The Morgan fingerprint density at radius 2 is 2.00 bits per heavy atom. The number of amides is 1. The first-order valence-electron chi connectivity index (χ1n) is 10.4. The summed E-state index contributed by atoms with van der Waals surface area (Å²) in [5.41, 5.74) is 2.35. The van der Waals surface area contributed by atoms with Crippen molar-refractivity contribution >= 4 is 5.91 Å². The fraction of sp³-hybridized carbons (Fsp3) is 0.542. The highest BCUT2D eigenvalue weighted by molar-refractivity contribution is 5.75. The first-order valence-corrected chi connectivity index (χ1v) is 10.4. The third-order valence-corrected chi connectivity index (χ3v) is 6.24. The lowest BCUT2D eigenvalue weighted by molar-refractivity contribution is -0.128. The molecule has 2 N–H and O–H groups in total. The molecule has 152 valence electrons. The predicted molar refractivity (Wildman–Crippen MR) is 111 cm³/mol. The SMILES string of the molecule is CN(C)C(=O)CCCCC1=C[C@H]2C[C@@H](O)[C@H](/C=C/[C@@H](O)c3ccccc3)[C@H]2C1. The number of benzene rings is 1. The van der Waals surface area contributed by atoms with Gasteiger partial charge in [-0.2, -0.15) is 0 Å². The molecular formula is C24H33NO3. The van der Waals surface area contributed by atoms with Gasteiger partial charge in [0.15, 0.2) is 0 Å². The monoisotopic (exact) mass is 383 g/mol. The smallest absolute Gasteiger partial charge is 0.222 e. The molecule has 1 saturated carbocycles. The number of fused-ring (bicyclic) bond motifs is 1. The Balaban J connectivity index is 1.50. The van der Waals surface area contributed by atoms with Crippen molar-refractivity contribution in [2.24, 2.45) is 17.8 Å². The molecule has 5 atom stereocenters. The van der Waals surface area contributed by atoms with E-state index in [9.17, 15) is 15.0 Å². The van der Waals surface area contributed by atoms with Crippen molar-refractivity contribution < 1.29 is 15.0 Å². The van der Waals surface area contributed by atoms with Gasteiger partial charge in [0, 0.05) is 26.4 Å². The number of aliphatic hydroxyl groups is 2. The molecule has 0 saturated heterocycles. The van der Waals surface area contributed by atoms with Crippen molar-refractivity contribution in [1.29, 1.82) is 0 Å². The van der Waals surface area contributed by atoms with E-state index in [1.807, 2.05) is 42.5 Å². The number of hydrogen-bond donors (Lipinski definition) is 2. The van der Waals surface area contributed by atoms with Crippen LogP contribution in [0.3, 0.4) is 0 Å². The van der Waals surface area contributed by atoms with Crippen LogP contribution in [0.1, 0.15) is 50.2 Å². The molecule has 0 radical (unpaired) electrons. The molecular weight excluding hydrogens is 350 g/mol. The van der Waals surface area contributed by atoms with Crippen LogP contribution in [-0.2, 0) is 4.79 Å². The Bertz CT molecular complexity index is 710. The molecule has 1 aromatic carbocycles. The molecule has 0 heterocycles. The summed E-state index contributed by atoms with van der Waals surface area (Å²) in [6, 6.07) is 9.62. The zero-order valence-corrected chi connectivity index (χ0v) is 17.0. The van der Waals surface area contributed by atoms with Crippen LogP contribution in [0.4, 0.5) is 0 Å². The number of allylic oxidation sites excluding steroid dienone is 2. The molecule has 0 aliphatic heterocycles. The third kappa shape index (κ3) is 5.12. The molecule has 28 heavy (non-hydrogen) atoms. The van der Waals surface area contributed by atoms with Crippen molar-refractivity contribution in [2.45, 2.75) is 50.7 Å². The van der Waals surface area contributed by atoms with Gasteiger partial charge >= 0.3 is 0 Å². The van der Waals surface area contributed by atoms with E-state index >= 15 is 0 Å². The van der Waals surface area contributed by atoms with Crippen LogP contribution >= 0.6 is 0 Å². The topological polar surface area (TPSA) is 60.8 Å². The van der Waals surface area contributed by atoms with Gasteiger partial charge < -0.3 is 15.1 Å². The van der Waals surface area contributed by atoms with Crippen molar-refractivity contribution in [1.82, 2.24) is 4.90 Å². The standard InChI is InChI=1S/C24H33NO3/c1-25(2)24(28)11-7-6-8-17-14-19-16-23(27)20(21(19)15-17)12-13-22(26)18-9-4-3-5-10-18/h3-5,9-10,12-14,19-23,26-27H,6-8,11,15-16H2,1-2H3/b13-12+/t19-,20+,21-,22+,23+/m0/s1. The highest BCUT2D eigenvalue weighted by atomic mass is 16.3. The second kappa shape index (κ2) is 9.53. The molecule has 2 aliphatic carbocycles. The van der Waals surface area contributed by atoms with E-state index in [4.69, 9.17) is 0 Å². The van der Waals surface area contributed by atoms with Crippen LogP contribution in [0.25, 0.3) is 0 Å². The zero-order valence-electron chi connectivity index (χ0n) is 17.0. The molecule has 0 spiro atoms. The molecule has 1 aromatic rings. The van der Waals surface area contributed by atoms with E-state index in [1.54, 1.807) is 19.0 Å². The van der Waals surface area contributed by atoms with E-state index in [0.717, 1.165) is 37.7 Å². The quantitative estimate of drug-likeness (QED) is 0.529. The van der Waals surface area contributed by atoms with Gasteiger partial charge in [-0.05, 0) is 49.5 Å². The van der Waals surface area contributed by atoms with Crippen LogP contribution in [0.15, 0.2) is 54.1 Å². The minimum absolute atomic E-state index is 0.104. The summed E-state index contributed by atoms with van der Waals surface area (Å²) in [6.07, 6.45) is 10.7. The molecule has 3 rings (SSSR count). The minimum Gasteiger partial charge on any atom is -0.392 e. The maximum Gasteiger partial charge on any atom is 0.222 e. The Morgan fingerprint density at radius 3 is 2.71 bits per heavy atom. The van der Waals surface area contributed by atoms with E-state index in [0.29, 0.717) is 18.3 Å². The average Bonchev–Trinajstić information content (AvgIpc) is 3.20. The highest BCUT2D eigenvalue weighted by Crippen LogP contribution is 2.48. The summed E-state index contributed by atoms with van der Waals surface area (Å²) in [6.45, 7) is 0. The molecule has 1 amide bonds. The lowest BCUT2D eigenvalue weighted by Gasteiger charge is -2.19. The molecule has 4 nitrogen and oxygen atoms in total. The summed E-state index contributed by atoms with van der Waals surface area (Å²) in [5, 5.41) is 20.9. The molecule has 0 bridgehead atoms. The van der Waals surface area contributed by atoms with Gasteiger partial charge in [0.25, 0.3) is 0 Å². The second-order valence-electron chi connectivity index (χ2n) is 8.47. The molecule has 0 unspecified atom stereocenters. The van der Waals surface area contributed by atoms with Crippen LogP contribution < -0.4 is 0 Å². The Morgan fingerprint density at radius 1 is 1.25 bits per heavy atom. The molecule has 1 fully saturated rings. The number of aliphatic hydroxyl groups excluding tert-OH is 2. The maximum absolute atomic E-state index is 11.7. The summed E-state index contributed by atoms with van der Waals surface area (Å²) in [7, 11) is 3.60. The summed E-state index contributed by atoms with van der Waals surface area (Å²) in [4.78, 5) is 13.3. The summed E-state index contributed by atoms with van der Waals surface area (Å²) < 4.78 is 0. The highest BCUT2D eigenvalue weighted by Gasteiger charge is 2.43. The van der Waals surface area contributed by atoms with Crippen molar-refractivity contribution in [3.63, 3.8) is 0 Å². The van der Waals surface area contributed by atoms with Crippen LogP contribution in [0.2, 0.25) is 0 Å². The lowest BCUT2D eigenvalue weighted by Crippen LogP contribution is -2.21. The largest absolute Gasteiger partial charge is 0.392 e. The number of nitrogens with zero attached hydrogens (tertiary/aromatic N) is 1. The Kier molecular flexibility index (Phi) is 7.08. The van der Waals surface area contributed by atoms with Gasteiger partial charge in [-0.1, -0.05) is 54.1 Å². The number of unbranched alkanes of at least 4 members (excludes halogenated alkanes) is 1. The fourth-order valence-electron chi connectivity index (χ4n) is 4.64. The van der Waals surface area contributed by atoms with Crippen LogP contribution in [0.5, 0.6) is 0 Å². The third-order valence-electron chi connectivity index (χ3n) is 6.24. The number of carbonyl (C=O) groups excluding carboxylic acids is 1. The van der Waals surface area contributed by atoms with Gasteiger partial charge in [0.2, 0.25) is 5.91 Å². The average molecular weight is 384 g/mol. The van der Waals surface area contributed by atoms with Gasteiger partial charge in [-0.15, -0.1) is 0 Å². The van der Waals surface area contributed by atoms with E-state index in [-0.39, 0.29) is 17.9 Å². The summed E-state index contributed by atoms with van der Waals surface area (Å²) in [5.74, 6) is 1.18. The number of carbonyl (C=O) groups is 1. The van der Waals surface area contributed by atoms with Crippen molar-refractivity contribution in [2.75, 3.05) is 14.1 Å². The summed E-state index contributed by atoms with van der Waals surface area (Å²) >= 11 is 0. The van der Waals surface area contributed by atoms with E-state index < -0.39 is 6.10 Å². The Hall–Kier alpha value is -1.91. The molecule has 2 aliphatic rings. The Labute approximate surface area is 168 Å². The van der Waals surface area contributed by atoms with Gasteiger partial charge in [-0.25, -0.2) is 0 Å². The van der Waals surface area contributed by atoms with E-state index in [2.05, 4.69) is 6.08 Å². The first kappa shape index (κ1) is 20.8. The zero-order chi connectivity index (χ0) is 20.1. The maximum atomic E-state index is 11.7. The van der Waals surface area contributed by atoms with Gasteiger partial charge in [0.1, 0.15) is 0 Å². The lowest BCUT2D eigenvalue weighted by atomic mass is 9.88. The number of hydrogen-bond acceptors (Lipinski definition) is 3. The van der Waals surface area contributed by atoms with Crippen LogP contribution in [-0.4, -0.2) is 41.2 Å². The first-order chi connectivity index (χ1) is 13.5. The van der Waals surface area contributed by atoms with Gasteiger partial charge in [-0.3, -0.25) is 4.79 Å².